The predicted octanol–water partition coefficient (Wildman–Crippen LogP) is 2.05. The molecule has 0 bridgehead atoms. The number of nitrogens with one attached hydrogen (secondary N) is 1. The van der Waals surface area contributed by atoms with Crippen LogP contribution in [0.25, 0.3) is 0 Å². The molecule has 5 nitrogen and oxygen atoms in total. The van der Waals surface area contributed by atoms with Crippen LogP contribution in [0.3, 0.4) is 0 Å². The van der Waals surface area contributed by atoms with Gasteiger partial charge in [-0.2, -0.15) is 5.10 Å². The number of ether oxygens (including phenoxy) is 1. The van der Waals surface area contributed by atoms with Crippen LogP contribution in [0.15, 0.2) is 0 Å². The molecule has 0 aromatic carbocycles. The molecule has 0 aliphatic carbocycles. The average molecular weight is 289 g/mol. The zero-order chi connectivity index (χ0) is 14.6. The molecular weight excluding hydrogens is 264 g/mol. The molecule has 110 valence electrons. The van der Waals surface area contributed by atoms with Gasteiger partial charge in [-0.1, -0.05) is 11.6 Å². The largest absolute Gasteiger partial charge is 0.379 e. The van der Waals surface area contributed by atoms with Crippen LogP contribution in [0.1, 0.15) is 38.6 Å². The Kier molecular flexibility index (Phi) is 5.80. The first-order valence-electron chi connectivity index (χ1n) is 6.57. The number of methoxy groups -OCH3 is 1. The molecule has 0 fully saturated rings. The van der Waals surface area contributed by atoms with Crippen molar-refractivity contribution >= 4 is 11.6 Å². The van der Waals surface area contributed by atoms with Crippen molar-refractivity contribution in [3.05, 3.63) is 16.4 Å². The van der Waals surface area contributed by atoms with Crippen LogP contribution in [0.2, 0.25) is 5.02 Å². The van der Waals surface area contributed by atoms with Gasteiger partial charge in [0.25, 0.3) is 0 Å². The van der Waals surface area contributed by atoms with Gasteiger partial charge in [-0.15, -0.1) is 0 Å². The van der Waals surface area contributed by atoms with Crippen LogP contribution in [0.5, 0.6) is 0 Å². The topological polar surface area (TPSA) is 65.1 Å². The van der Waals surface area contributed by atoms with Crippen molar-refractivity contribution in [2.45, 2.75) is 58.7 Å². The smallest absolute Gasteiger partial charge is 0.0847 e. The summed E-state index contributed by atoms with van der Waals surface area (Å²) in [5.74, 6) is 5.65. The van der Waals surface area contributed by atoms with E-state index in [0.29, 0.717) is 0 Å². The van der Waals surface area contributed by atoms with Crippen LogP contribution < -0.4 is 11.3 Å². The van der Waals surface area contributed by atoms with E-state index in [1.54, 1.807) is 7.11 Å². The fourth-order valence-corrected chi connectivity index (χ4v) is 2.38. The van der Waals surface area contributed by atoms with Gasteiger partial charge in [0, 0.05) is 26.1 Å². The van der Waals surface area contributed by atoms with Crippen molar-refractivity contribution in [3.8, 4) is 0 Å². The van der Waals surface area contributed by atoms with Crippen molar-refractivity contribution in [1.29, 1.82) is 0 Å². The highest BCUT2D eigenvalue weighted by atomic mass is 35.5. The van der Waals surface area contributed by atoms with Crippen molar-refractivity contribution in [1.82, 2.24) is 15.2 Å². The fraction of sp³-hybridized carbons (Fsp3) is 0.769. The molecule has 0 aliphatic heterocycles. The van der Waals surface area contributed by atoms with Crippen LogP contribution in [0, 0.1) is 6.92 Å². The maximum Gasteiger partial charge on any atom is 0.0847 e. The maximum atomic E-state index is 6.32. The summed E-state index contributed by atoms with van der Waals surface area (Å²) in [4.78, 5) is 0. The maximum absolute atomic E-state index is 6.32. The number of hydrazine groups is 1. The number of aryl methyl sites for hydroxylation is 2. The molecule has 3 N–H and O–H groups in total. The number of nitrogens with two attached hydrogens (primary N) is 1. The molecule has 0 saturated heterocycles. The number of hydrogen-bond donors (Lipinski definition) is 2. The van der Waals surface area contributed by atoms with Crippen molar-refractivity contribution in [3.63, 3.8) is 0 Å². The number of nitrogens with zero attached hydrogens (tertiary/aromatic N) is 2. The van der Waals surface area contributed by atoms with E-state index < -0.39 is 0 Å². The van der Waals surface area contributed by atoms with Gasteiger partial charge in [0.15, 0.2) is 0 Å². The Morgan fingerprint density at radius 3 is 2.63 bits per heavy atom. The first-order valence-corrected chi connectivity index (χ1v) is 6.95. The Balaban J connectivity index is 2.87. The Bertz CT molecular complexity index is 417. The second kappa shape index (κ2) is 6.70. The van der Waals surface area contributed by atoms with Gasteiger partial charge in [0.2, 0.25) is 0 Å². The lowest BCUT2D eigenvalue weighted by Gasteiger charge is -2.28. The highest BCUT2D eigenvalue weighted by Crippen LogP contribution is 2.24. The van der Waals surface area contributed by atoms with E-state index >= 15 is 0 Å². The Labute approximate surface area is 120 Å². The molecule has 1 unspecified atom stereocenters. The van der Waals surface area contributed by atoms with E-state index in [1.807, 2.05) is 25.5 Å². The van der Waals surface area contributed by atoms with Gasteiger partial charge < -0.3 is 4.74 Å². The molecule has 1 heterocycles. The average Bonchev–Trinajstić information content (AvgIpc) is 2.65. The fourth-order valence-electron chi connectivity index (χ4n) is 2.16. The minimum Gasteiger partial charge on any atom is -0.379 e. The standard InChI is InChI=1S/C13H25ClN4O/c1-6-18-11(12(14)9(2)17-18)7-10(16-15)8-13(3,4)19-5/h10,16H,6-8,15H2,1-5H3. The van der Waals surface area contributed by atoms with Crippen LogP contribution >= 0.6 is 11.6 Å². The lowest BCUT2D eigenvalue weighted by molar-refractivity contribution is 0.00696. The van der Waals surface area contributed by atoms with Gasteiger partial charge >= 0.3 is 0 Å². The first kappa shape index (κ1) is 16.4. The molecule has 0 saturated carbocycles. The van der Waals surface area contributed by atoms with Gasteiger partial charge in [0.05, 0.1) is 22.0 Å². The van der Waals surface area contributed by atoms with Crippen molar-refractivity contribution in [2.24, 2.45) is 5.84 Å². The first-order chi connectivity index (χ1) is 8.84. The zero-order valence-electron chi connectivity index (χ0n) is 12.5. The van der Waals surface area contributed by atoms with Gasteiger partial charge in [-0.3, -0.25) is 16.0 Å². The molecule has 0 amide bonds. The van der Waals surface area contributed by atoms with E-state index in [2.05, 4.69) is 17.4 Å². The molecule has 0 radical (unpaired) electrons. The second-order valence-corrected chi connectivity index (χ2v) is 5.78. The van der Waals surface area contributed by atoms with E-state index in [9.17, 15) is 0 Å². The predicted molar refractivity (Wildman–Crippen MR) is 78.2 cm³/mol. The summed E-state index contributed by atoms with van der Waals surface area (Å²) in [6.45, 7) is 8.86. The number of aromatic nitrogens is 2. The Hall–Kier alpha value is -0.620. The molecule has 1 aromatic heterocycles. The summed E-state index contributed by atoms with van der Waals surface area (Å²) in [6.07, 6.45) is 1.53. The van der Waals surface area contributed by atoms with E-state index in [4.69, 9.17) is 22.2 Å². The summed E-state index contributed by atoms with van der Waals surface area (Å²) < 4.78 is 7.38. The highest BCUT2D eigenvalue weighted by Gasteiger charge is 2.24. The number of halogens is 1. The van der Waals surface area contributed by atoms with Gasteiger partial charge in [-0.25, -0.2) is 0 Å². The molecule has 1 rings (SSSR count). The Morgan fingerprint density at radius 2 is 2.16 bits per heavy atom. The summed E-state index contributed by atoms with van der Waals surface area (Å²) in [5.41, 5.74) is 4.51. The second-order valence-electron chi connectivity index (χ2n) is 5.40. The number of hydrogen-bond acceptors (Lipinski definition) is 4. The zero-order valence-corrected chi connectivity index (χ0v) is 13.2. The third kappa shape index (κ3) is 4.18. The summed E-state index contributed by atoms with van der Waals surface area (Å²) >= 11 is 6.32. The third-order valence-corrected chi connectivity index (χ3v) is 3.91. The lowest BCUT2D eigenvalue weighted by atomic mass is 9.96. The molecule has 1 aromatic rings. The minimum absolute atomic E-state index is 0.0915. The monoisotopic (exact) mass is 288 g/mol. The third-order valence-electron chi connectivity index (χ3n) is 3.42. The number of rotatable bonds is 7. The van der Waals surface area contributed by atoms with Gasteiger partial charge in [0.1, 0.15) is 0 Å². The summed E-state index contributed by atoms with van der Waals surface area (Å²) in [5, 5.41) is 5.15. The SMILES string of the molecule is CCn1nc(C)c(Cl)c1CC(CC(C)(C)OC)NN. The molecular formula is C13H25ClN4O. The lowest BCUT2D eigenvalue weighted by Crippen LogP contribution is -2.43. The quantitative estimate of drug-likeness (QED) is 0.595. The van der Waals surface area contributed by atoms with Crippen LogP contribution in [-0.4, -0.2) is 28.5 Å². The van der Waals surface area contributed by atoms with Crippen molar-refractivity contribution < 1.29 is 4.74 Å². The molecule has 1 atom stereocenters. The molecule has 19 heavy (non-hydrogen) atoms. The van der Waals surface area contributed by atoms with Crippen LogP contribution in [0.4, 0.5) is 0 Å². The highest BCUT2D eigenvalue weighted by molar-refractivity contribution is 6.31. The van der Waals surface area contributed by atoms with E-state index in [0.717, 1.165) is 35.8 Å². The molecule has 0 aliphatic rings. The summed E-state index contributed by atoms with van der Waals surface area (Å²) in [6, 6.07) is 0.0915. The minimum atomic E-state index is -0.227. The normalized spacial score (nSPS) is 13.8. The van der Waals surface area contributed by atoms with Gasteiger partial charge in [-0.05, 0) is 34.1 Å². The summed E-state index contributed by atoms with van der Waals surface area (Å²) in [7, 11) is 1.71. The van der Waals surface area contributed by atoms with E-state index in [-0.39, 0.29) is 11.6 Å². The van der Waals surface area contributed by atoms with Crippen LogP contribution in [-0.2, 0) is 17.7 Å². The molecule has 0 spiro atoms. The molecule has 6 heteroatoms. The van der Waals surface area contributed by atoms with E-state index in [1.165, 1.54) is 0 Å². The van der Waals surface area contributed by atoms with Crippen molar-refractivity contribution in [2.75, 3.05) is 7.11 Å². The Morgan fingerprint density at radius 1 is 1.53 bits per heavy atom.